The fourth-order valence-electron chi connectivity index (χ4n) is 1.45. The van der Waals surface area contributed by atoms with Gasteiger partial charge in [-0.1, -0.05) is 38.8 Å². The summed E-state index contributed by atoms with van der Waals surface area (Å²) >= 11 is 0. The quantitative estimate of drug-likeness (QED) is 0.611. The first kappa shape index (κ1) is 12.1. The highest BCUT2D eigenvalue weighted by Gasteiger charge is 1.96. The van der Waals surface area contributed by atoms with Crippen LogP contribution in [0.5, 0.6) is 5.75 Å². The van der Waals surface area contributed by atoms with Crippen LogP contribution in [0.4, 0.5) is 0 Å². The summed E-state index contributed by atoms with van der Waals surface area (Å²) in [7, 11) is 0. The first-order valence-corrected chi connectivity index (χ1v) is 5.87. The van der Waals surface area contributed by atoms with Gasteiger partial charge in [0.15, 0.2) is 0 Å². The maximum absolute atomic E-state index is 5.65. The van der Waals surface area contributed by atoms with E-state index < -0.39 is 0 Å². The first-order valence-electron chi connectivity index (χ1n) is 5.87. The largest absolute Gasteiger partial charge is 0.494 e. The summed E-state index contributed by atoms with van der Waals surface area (Å²) in [5, 5.41) is 0. The van der Waals surface area contributed by atoms with Gasteiger partial charge in [0, 0.05) is 0 Å². The van der Waals surface area contributed by atoms with E-state index in [0.29, 0.717) is 0 Å². The molecule has 0 spiro atoms. The third kappa shape index (κ3) is 4.87. The van der Waals surface area contributed by atoms with Gasteiger partial charge in [-0.25, -0.2) is 0 Å². The summed E-state index contributed by atoms with van der Waals surface area (Å²) < 4.78 is 5.65. The van der Waals surface area contributed by atoms with Crippen LogP contribution in [0.15, 0.2) is 24.3 Å². The summed E-state index contributed by atoms with van der Waals surface area (Å²) in [5.41, 5.74) is 1.35. The zero-order valence-electron chi connectivity index (χ0n) is 9.67. The van der Waals surface area contributed by atoms with Crippen LogP contribution in [0.2, 0.25) is 0 Å². The van der Waals surface area contributed by atoms with Crippen LogP contribution in [-0.2, 0) is 6.42 Å². The highest BCUT2D eigenvalue weighted by Crippen LogP contribution is 2.15. The van der Waals surface area contributed by atoms with Crippen molar-refractivity contribution >= 4 is 0 Å². The second-order valence-electron chi connectivity index (χ2n) is 3.81. The first-order chi connectivity index (χ1) is 7.36. The number of unbranched alkanes of at least 4 members (excludes halogenated alkanes) is 2. The molecule has 1 aromatic rings. The molecule has 1 rings (SSSR count). The summed E-state index contributed by atoms with van der Waals surface area (Å²) in [5.74, 6) is 1.00. The monoisotopic (exact) mass is 205 g/mol. The van der Waals surface area contributed by atoms with Crippen molar-refractivity contribution in [1.82, 2.24) is 0 Å². The molecule has 0 saturated heterocycles. The van der Waals surface area contributed by atoms with E-state index in [1.165, 1.54) is 12.0 Å². The molecular formula is C14H21O. The molecule has 0 fully saturated rings. The van der Waals surface area contributed by atoms with Crippen LogP contribution in [0.3, 0.4) is 0 Å². The van der Waals surface area contributed by atoms with Gasteiger partial charge in [-0.3, -0.25) is 0 Å². The van der Waals surface area contributed by atoms with Gasteiger partial charge >= 0.3 is 0 Å². The Morgan fingerprint density at radius 1 is 1.27 bits per heavy atom. The predicted molar refractivity (Wildman–Crippen MR) is 65.1 cm³/mol. The smallest absolute Gasteiger partial charge is 0.119 e. The Hall–Kier alpha value is -0.980. The van der Waals surface area contributed by atoms with E-state index in [9.17, 15) is 0 Å². The standard InChI is InChI=1S/C14H21O/c1-3-5-8-13-9-7-10-14(12-13)15-11-6-4-2/h7,9-10,12H,1,3-6,8,11H2,2H3. The maximum atomic E-state index is 5.65. The minimum Gasteiger partial charge on any atom is -0.494 e. The summed E-state index contributed by atoms with van der Waals surface area (Å²) in [6, 6.07) is 8.40. The van der Waals surface area contributed by atoms with Crippen molar-refractivity contribution in [2.75, 3.05) is 6.61 Å². The second kappa shape index (κ2) is 7.33. The van der Waals surface area contributed by atoms with E-state index in [2.05, 4.69) is 32.0 Å². The van der Waals surface area contributed by atoms with Crippen LogP contribution < -0.4 is 4.74 Å². The van der Waals surface area contributed by atoms with Crippen molar-refractivity contribution in [1.29, 1.82) is 0 Å². The minimum atomic E-state index is 0.829. The van der Waals surface area contributed by atoms with Gasteiger partial charge in [-0.2, -0.15) is 0 Å². The van der Waals surface area contributed by atoms with E-state index >= 15 is 0 Å². The summed E-state index contributed by atoms with van der Waals surface area (Å²) in [4.78, 5) is 0. The average molecular weight is 205 g/mol. The number of aryl methyl sites for hydroxylation is 1. The third-order valence-electron chi connectivity index (χ3n) is 2.38. The molecule has 1 heteroatoms. The molecule has 1 nitrogen and oxygen atoms in total. The van der Waals surface area contributed by atoms with E-state index in [1.54, 1.807) is 0 Å². The van der Waals surface area contributed by atoms with Gasteiger partial charge in [0.25, 0.3) is 0 Å². The topological polar surface area (TPSA) is 9.23 Å². The number of hydrogen-bond acceptors (Lipinski definition) is 1. The second-order valence-corrected chi connectivity index (χ2v) is 3.81. The van der Waals surface area contributed by atoms with Crippen molar-refractivity contribution in [3.05, 3.63) is 36.8 Å². The van der Waals surface area contributed by atoms with Gasteiger partial charge in [0.05, 0.1) is 6.61 Å². The molecule has 0 amide bonds. The average Bonchev–Trinajstić information content (AvgIpc) is 2.27. The molecule has 0 aliphatic heterocycles. The van der Waals surface area contributed by atoms with Gasteiger partial charge in [-0.05, 0) is 37.0 Å². The molecule has 0 aliphatic rings. The third-order valence-corrected chi connectivity index (χ3v) is 2.38. The van der Waals surface area contributed by atoms with Crippen LogP contribution in [0.1, 0.15) is 38.2 Å². The zero-order valence-corrected chi connectivity index (χ0v) is 9.67. The minimum absolute atomic E-state index is 0.829. The SMILES string of the molecule is [CH2]CCCc1cccc(OCCCC)c1. The predicted octanol–water partition coefficient (Wildman–Crippen LogP) is 4.02. The van der Waals surface area contributed by atoms with Crippen LogP contribution in [0.25, 0.3) is 0 Å². The molecular weight excluding hydrogens is 184 g/mol. The Kier molecular flexibility index (Phi) is 5.91. The van der Waals surface area contributed by atoms with Crippen molar-refractivity contribution in [2.24, 2.45) is 0 Å². The normalized spacial score (nSPS) is 10.3. The molecule has 0 aromatic heterocycles. The van der Waals surface area contributed by atoms with Gasteiger partial charge in [0.1, 0.15) is 5.75 Å². The molecule has 1 aromatic carbocycles. The van der Waals surface area contributed by atoms with Crippen molar-refractivity contribution in [3.63, 3.8) is 0 Å². The zero-order chi connectivity index (χ0) is 10.9. The maximum Gasteiger partial charge on any atom is 0.119 e. The molecule has 15 heavy (non-hydrogen) atoms. The van der Waals surface area contributed by atoms with Crippen molar-refractivity contribution in [2.45, 2.75) is 39.0 Å². The molecule has 0 saturated carbocycles. The Bertz CT molecular complexity index is 268. The molecule has 83 valence electrons. The van der Waals surface area contributed by atoms with Crippen molar-refractivity contribution < 1.29 is 4.74 Å². The summed E-state index contributed by atoms with van der Waals surface area (Å²) in [6.07, 6.45) is 5.57. The lowest BCUT2D eigenvalue weighted by Gasteiger charge is -2.07. The molecule has 1 radical (unpaired) electrons. The fraction of sp³-hybridized carbons (Fsp3) is 0.500. The summed E-state index contributed by atoms with van der Waals surface area (Å²) in [6.45, 7) is 6.86. The Morgan fingerprint density at radius 2 is 2.13 bits per heavy atom. The molecule has 0 bridgehead atoms. The molecule has 0 atom stereocenters. The van der Waals surface area contributed by atoms with E-state index in [4.69, 9.17) is 4.74 Å². The van der Waals surface area contributed by atoms with Crippen LogP contribution in [-0.4, -0.2) is 6.61 Å². The Balaban J connectivity index is 2.42. The van der Waals surface area contributed by atoms with Gasteiger partial charge in [0.2, 0.25) is 0 Å². The van der Waals surface area contributed by atoms with Gasteiger partial charge < -0.3 is 4.74 Å². The van der Waals surface area contributed by atoms with E-state index in [0.717, 1.165) is 38.0 Å². The van der Waals surface area contributed by atoms with Crippen LogP contribution >= 0.6 is 0 Å². The lowest BCUT2D eigenvalue weighted by Crippen LogP contribution is -1.97. The lowest BCUT2D eigenvalue weighted by atomic mass is 10.1. The highest BCUT2D eigenvalue weighted by molar-refractivity contribution is 5.28. The number of rotatable bonds is 7. The molecule has 0 unspecified atom stereocenters. The fourth-order valence-corrected chi connectivity index (χ4v) is 1.45. The van der Waals surface area contributed by atoms with Crippen molar-refractivity contribution in [3.8, 4) is 5.75 Å². The lowest BCUT2D eigenvalue weighted by molar-refractivity contribution is 0.309. The number of hydrogen-bond donors (Lipinski definition) is 0. The van der Waals surface area contributed by atoms with Crippen LogP contribution in [0, 0.1) is 6.92 Å². The molecule has 0 heterocycles. The highest BCUT2D eigenvalue weighted by atomic mass is 16.5. The number of benzene rings is 1. The van der Waals surface area contributed by atoms with E-state index in [-0.39, 0.29) is 0 Å². The van der Waals surface area contributed by atoms with Gasteiger partial charge in [-0.15, -0.1) is 0 Å². The molecule has 0 aliphatic carbocycles. The van der Waals surface area contributed by atoms with E-state index in [1.807, 2.05) is 6.07 Å². The number of ether oxygens (including phenoxy) is 1. The Labute approximate surface area is 93.5 Å². The Morgan fingerprint density at radius 3 is 2.87 bits per heavy atom. The molecule has 0 N–H and O–H groups in total.